The highest BCUT2D eigenvalue weighted by Crippen LogP contribution is 2.36. The molecule has 6 nitrogen and oxygen atoms in total. The summed E-state index contributed by atoms with van der Waals surface area (Å²) < 4.78 is 17.6. The quantitative estimate of drug-likeness (QED) is 0.621. The molecule has 0 amide bonds. The Labute approximate surface area is 174 Å². The Hall–Kier alpha value is -1.63. The lowest BCUT2D eigenvalue weighted by atomic mass is 9.72. The summed E-state index contributed by atoms with van der Waals surface area (Å²) in [4.78, 5) is 6.94. The maximum Gasteiger partial charge on any atom is 0.193 e. The van der Waals surface area contributed by atoms with Crippen LogP contribution >= 0.6 is 0 Å². The Morgan fingerprint density at radius 2 is 1.93 bits per heavy atom. The van der Waals surface area contributed by atoms with E-state index in [1.807, 2.05) is 7.05 Å². The van der Waals surface area contributed by atoms with E-state index in [-0.39, 0.29) is 17.6 Å². The van der Waals surface area contributed by atoms with Crippen molar-refractivity contribution in [2.24, 2.45) is 4.99 Å². The van der Waals surface area contributed by atoms with E-state index in [4.69, 9.17) is 14.2 Å². The lowest BCUT2D eigenvalue weighted by molar-refractivity contribution is -0.0817. The molecule has 29 heavy (non-hydrogen) atoms. The zero-order valence-corrected chi connectivity index (χ0v) is 17.9. The van der Waals surface area contributed by atoms with Crippen LogP contribution in [0.3, 0.4) is 0 Å². The van der Waals surface area contributed by atoms with Gasteiger partial charge in [-0.15, -0.1) is 0 Å². The van der Waals surface area contributed by atoms with Crippen molar-refractivity contribution >= 4 is 5.96 Å². The van der Waals surface area contributed by atoms with Gasteiger partial charge in [0.1, 0.15) is 6.10 Å². The van der Waals surface area contributed by atoms with Gasteiger partial charge in [-0.05, 0) is 43.7 Å². The highest BCUT2D eigenvalue weighted by molar-refractivity contribution is 5.80. The first-order chi connectivity index (χ1) is 14.2. The van der Waals surface area contributed by atoms with Crippen LogP contribution in [0, 0.1) is 6.92 Å². The Morgan fingerprint density at radius 3 is 2.66 bits per heavy atom. The summed E-state index contributed by atoms with van der Waals surface area (Å²) in [5, 5.41) is 3.71. The number of rotatable bonds is 4. The molecule has 4 rings (SSSR count). The average molecular weight is 402 g/mol. The third-order valence-corrected chi connectivity index (χ3v) is 6.74. The monoisotopic (exact) mass is 401 g/mol. The van der Waals surface area contributed by atoms with Gasteiger partial charge in [0, 0.05) is 51.9 Å². The SMILES string of the molecule is CN=C(NCC1(c2ccccc2C)CCOCC1)N1CCOC(C2CCCO2)C1. The molecule has 3 fully saturated rings. The van der Waals surface area contributed by atoms with Crippen molar-refractivity contribution in [1.29, 1.82) is 0 Å². The second-order valence-electron chi connectivity index (χ2n) is 8.52. The van der Waals surface area contributed by atoms with E-state index in [9.17, 15) is 0 Å². The minimum atomic E-state index is 0.0831. The predicted molar refractivity (Wildman–Crippen MR) is 115 cm³/mol. The number of morpholine rings is 1. The zero-order chi connectivity index (χ0) is 20.1. The summed E-state index contributed by atoms with van der Waals surface area (Å²) in [6.45, 7) is 8.00. The molecule has 6 heteroatoms. The van der Waals surface area contributed by atoms with Crippen LogP contribution in [0.4, 0.5) is 0 Å². The summed E-state index contributed by atoms with van der Waals surface area (Å²) in [5.41, 5.74) is 2.88. The van der Waals surface area contributed by atoms with Crippen molar-refractivity contribution in [3.05, 3.63) is 35.4 Å². The van der Waals surface area contributed by atoms with E-state index in [0.29, 0.717) is 0 Å². The highest BCUT2D eigenvalue weighted by Gasteiger charge is 2.37. The van der Waals surface area contributed by atoms with Crippen LogP contribution in [0.25, 0.3) is 0 Å². The first-order valence-electron chi connectivity index (χ1n) is 11.0. The second kappa shape index (κ2) is 9.45. The van der Waals surface area contributed by atoms with Crippen LogP contribution in [-0.2, 0) is 19.6 Å². The number of hydrogen-bond donors (Lipinski definition) is 1. The number of nitrogens with one attached hydrogen (secondary N) is 1. The topological polar surface area (TPSA) is 55.3 Å². The van der Waals surface area contributed by atoms with Gasteiger partial charge in [-0.2, -0.15) is 0 Å². The van der Waals surface area contributed by atoms with E-state index in [1.165, 1.54) is 11.1 Å². The van der Waals surface area contributed by atoms with Gasteiger partial charge in [0.15, 0.2) is 5.96 Å². The second-order valence-corrected chi connectivity index (χ2v) is 8.52. The minimum Gasteiger partial charge on any atom is -0.381 e. The average Bonchev–Trinajstić information content (AvgIpc) is 3.30. The van der Waals surface area contributed by atoms with Crippen molar-refractivity contribution in [3.8, 4) is 0 Å². The van der Waals surface area contributed by atoms with Crippen molar-refractivity contribution < 1.29 is 14.2 Å². The molecule has 160 valence electrons. The van der Waals surface area contributed by atoms with Crippen LogP contribution < -0.4 is 5.32 Å². The van der Waals surface area contributed by atoms with Gasteiger partial charge in [0.2, 0.25) is 0 Å². The first kappa shape index (κ1) is 20.6. The Kier molecular flexibility index (Phi) is 6.73. The summed E-state index contributed by atoms with van der Waals surface area (Å²) in [7, 11) is 1.88. The summed E-state index contributed by atoms with van der Waals surface area (Å²) in [6.07, 6.45) is 4.66. The smallest absolute Gasteiger partial charge is 0.193 e. The molecule has 1 N–H and O–H groups in total. The molecule has 2 atom stereocenters. The maximum absolute atomic E-state index is 6.02. The van der Waals surface area contributed by atoms with E-state index >= 15 is 0 Å². The number of nitrogens with zero attached hydrogens (tertiary/aromatic N) is 2. The molecule has 0 bridgehead atoms. The Balaban J connectivity index is 1.45. The number of aliphatic imine (C=N–C) groups is 1. The van der Waals surface area contributed by atoms with Gasteiger partial charge in [-0.3, -0.25) is 4.99 Å². The third kappa shape index (κ3) is 4.60. The van der Waals surface area contributed by atoms with E-state index < -0.39 is 0 Å². The van der Waals surface area contributed by atoms with E-state index in [1.54, 1.807) is 0 Å². The molecule has 0 aliphatic carbocycles. The standard InChI is InChI=1S/C23H35N3O3/c1-18-6-3-4-7-19(18)23(9-13-27-14-10-23)17-25-22(24-2)26-11-15-29-21(16-26)20-8-5-12-28-20/h3-4,6-7,20-21H,5,8-17H2,1-2H3,(H,24,25). The molecular weight excluding hydrogens is 366 g/mol. The Morgan fingerprint density at radius 1 is 1.14 bits per heavy atom. The van der Waals surface area contributed by atoms with Crippen LogP contribution in [0.15, 0.2) is 29.3 Å². The van der Waals surface area contributed by atoms with Crippen LogP contribution in [-0.4, -0.2) is 76.2 Å². The van der Waals surface area contributed by atoms with Crippen molar-refractivity contribution in [2.45, 2.75) is 50.2 Å². The Bertz CT molecular complexity index is 696. The fraction of sp³-hybridized carbons (Fsp3) is 0.696. The van der Waals surface area contributed by atoms with Gasteiger partial charge in [0.05, 0.1) is 12.7 Å². The van der Waals surface area contributed by atoms with Crippen molar-refractivity contribution in [2.75, 3.05) is 53.1 Å². The molecule has 2 unspecified atom stereocenters. The third-order valence-electron chi connectivity index (χ3n) is 6.74. The number of aryl methyl sites for hydroxylation is 1. The molecule has 0 saturated carbocycles. The van der Waals surface area contributed by atoms with Crippen molar-refractivity contribution in [3.63, 3.8) is 0 Å². The number of ether oxygens (including phenoxy) is 3. The van der Waals surface area contributed by atoms with Gasteiger partial charge >= 0.3 is 0 Å². The zero-order valence-electron chi connectivity index (χ0n) is 17.9. The molecule has 0 spiro atoms. The fourth-order valence-electron chi connectivity index (χ4n) is 5.04. The first-order valence-corrected chi connectivity index (χ1v) is 11.0. The maximum atomic E-state index is 6.02. The predicted octanol–water partition coefficient (Wildman–Crippen LogP) is 2.50. The number of guanidine groups is 1. The molecule has 1 aromatic rings. The van der Waals surface area contributed by atoms with Gasteiger partial charge in [-0.25, -0.2) is 0 Å². The molecular formula is C23H35N3O3. The van der Waals surface area contributed by atoms with E-state index in [0.717, 1.165) is 77.7 Å². The number of hydrogen-bond acceptors (Lipinski definition) is 4. The molecule has 3 saturated heterocycles. The molecule has 3 heterocycles. The lowest BCUT2D eigenvalue weighted by Gasteiger charge is -2.41. The van der Waals surface area contributed by atoms with Crippen molar-refractivity contribution in [1.82, 2.24) is 10.2 Å². The summed E-state index contributed by atoms with van der Waals surface area (Å²) in [6, 6.07) is 8.78. The van der Waals surface area contributed by atoms with Gasteiger partial charge in [0.25, 0.3) is 0 Å². The largest absolute Gasteiger partial charge is 0.381 e. The normalized spacial score (nSPS) is 27.8. The molecule has 3 aliphatic rings. The van der Waals surface area contributed by atoms with Crippen LogP contribution in [0.5, 0.6) is 0 Å². The van der Waals surface area contributed by atoms with Crippen LogP contribution in [0.1, 0.15) is 36.8 Å². The summed E-state index contributed by atoms with van der Waals surface area (Å²) in [5.74, 6) is 0.968. The minimum absolute atomic E-state index is 0.0831. The van der Waals surface area contributed by atoms with Crippen LogP contribution in [0.2, 0.25) is 0 Å². The molecule has 0 aromatic heterocycles. The summed E-state index contributed by atoms with van der Waals surface area (Å²) >= 11 is 0. The molecule has 0 radical (unpaired) electrons. The van der Waals surface area contributed by atoms with Gasteiger partial charge < -0.3 is 24.4 Å². The lowest BCUT2D eigenvalue weighted by Crippen LogP contribution is -2.55. The van der Waals surface area contributed by atoms with Gasteiger partial charge in [-0.1, -0.05) is 24.3 Å². The highest BCUT2D eigenvalue weighted by atomic mass is 16.5. The number of benzene rings is 1. The molecule has 3 aliphatic heterocycles. The fourth-order valence-corrected chi connectivity index (χ4v) is 5.04. The molecule has 1 aromatic carbocycles. The van der Waals surface area contributed by atoms with E-state index in [2.05, 4.69) is 46.4 Å².